The Morgan fingerprint density at radius 3 is 1.75 bits per heavy atom. The summed E-state index contributed by atoms with van der Waals surface area (Å²) in [5.74, 6) is -0.984. The molecule has 3 saturated heterocycles. The fourth-order valence-corrected chi connectivity index (χ4v) is 8.91. The molecule has 3 aliphatic rings. The smallest absolute Gasteiger partial charge is 0.394 e. The Morgan fingerprint density at radius 1 is 0.833 bits per heavy atom. The summed E-state index contributed by atoms with van der Waals surface area (Å²) >= 11 is 0. The zero-order chi connectivity index (χ0) is 43.2. The standard InChI is InChI=1S/C30H32N2O2.C17H23NO3.H2O4S/c1-2-34-28(33)29(25-12-6-3-7-13-25)18-21-32(22-19-29)23-20-30(24-31,26-14-8-4-9-15-26)27-16-10-5-11-17-27;1-18-13-7-8-14(18)10-15(9-13)21-17(20)16(11-19)12-5-3-2-4-6-12;1-5(2,3)4/h3-17H,2,18-23H2,1H3;2-6,13-16,19H,7-11H2,1H3;(H2,1,2,3,4). The summed E-state index contributed by atoms with van der Waals surface area (Å²) < 4.78 is 42.8. The molecule has 3 atom stereocenters. The number of hydrogen-bond acceptors (Lipinski definition) is 10. The van der Waals surface area contributed by atoms with Gasteiger partial charge in [-0.3, -0.25) is 18.7 Å². The predicted octanol–water partition coefficient (Wildman–Crippen LogP) is 6.76. The monoisotopic (exact) mass is 839 g/mol. The molecular formula is C47H57N3O9S. The number of esters is 2. The molecule has 0 amide bonds. The van der Waals surface area contributed by atoms with Crippen molar-refractivity contribution >= 4 is 22.3 Å². The van der Waals surface area contributed by atoms with Crippen LogP contribution >= 0.6 is 0 Å². The van der Waals surface area contributed by atoms with Crippen molar-refractivity contribution in [1.29, 1.82) is 5.26 Å². The molecule has 3 unspecified atom stereocenters. The van der Waals surface area contributed by atoms with E-state index in [9.17, 15) is 20.0 Å². The highest BCUT2D eigenvalue weighted by Crippen LogP contribution is 2.40. The number of nitriles is 1. The Bertz CT molecular complexity index is 2030. The van der Waals surface area contributed by atoms with Gasteiger partial charge in [-0.05, 0) is 94.3 Å². The number of rotatable bonds is 12. The summed E-state index contributed by atoms with van der Waals surface area (Å²) in [6, 6.07) is 43.3. The van der Waals surface area contributed by atoms with Crippen molar-refractivity contribution in [1.82, 2.24) is 9.80 Å². The Kier molecular flexibility index (Phi) is 16.6. The minimum atomic E-state index is -4.67. The van der Waals surface area contributed by atoms with Gasteiger partial charge in [-0.2, -0.15) is 13.7 Å². The van der Waals surface area contributed by atoms with E-state index in [1.165, 1.54) is 12.8 Å². The average Bonchev–Trinajstić information content (AvgIpc) is 3.45. The van der Waals surface area contributed by atoms with Crippen LogP contribution in [0.15, 0.2) is 121 Å². The summed E-state index contributed by atoms with van der Waals surface area (Å²) in [7, 11) is -2.50. The highest BCUT2D eigenvalue weighted by Gasteiger charge is 2.45. The SMILES string of the molecule is CCOC(=O)C1(c2ccccc2)CCN(CCC(C#N)(c2ccccc2)c2ccccc2)CC1.CN1C2CCC1CC(OC(=O)C(CO)c1ccccc1)C2.O=S(=O)(O)O. The fraction of sp³-hybridized carbons (Fsp3) is 0.426. The Labute approximate surface area is 354 Å². The third-order valence-corrected chi connectivity index (χ3v) is 12.2. The van der Waals surface area contributed by atoms with E-state index in [1.54, 1.807) is 0 Å². The molecule has 4 aromatic rings. The van der Waals surface area contributed by atoms with Crippen LogP contribution in [0.3, 0.4) is 0 Å². The zero-order valence-corrected chi connectivity index (χ0v) is 35.2. The summed E-state index contributed by atoms with van der Waals surface area (Å²) in [4.78, 5) is 30.2. The molecule has 0 radical (unpaired) electrons. The predicted molar refractivity (Wildman–Crippen MR) is 228 cm³/mol. The van der Waals surface area contributed by atoms with Gasteiger partial charge in [-0.25, -0.2) is 0 Å². The number of nitrogens with zero attached hydrogens (tertiary/aromatic N) is 3. The number of hydrogen-bond donors (Lipinski definition) is 3. The summed E-state index contributed by atoms with van der Waals surface area (Å²) in [6.07, 6.45) is 6.38. The number of ether oxygens (including phenoxy) is 2. The van der Waals surface area contributed by atoms with Crippen molar-refractivity contribution in [3.05, 3.63) is 144 Å². The van der Waals surface area contributed by atoms with Crippen LogP contribution < -0.4 is 0 Å². The largest absolute Gasteiger partial charge is 0.465 e. The van der Waals surface area contributed by atoms with Gasteiger partial charge in [0.15, 0.2) is 0 Å². The number of likely N-dealkylation sites (tertiary alicyclic amines) is 1. The van der Waals surface area contributed by atoms with Crippen molar-refractivity contribution in [2.45, 2.75) is 86.8 Å². The van der Waals surface area contributed by atoms with Gasteiger partial charge < -0.3 is 24.4 Å². The number of fused-ring (bicyclic) bond motifs is 2. The lowest BCUT2D eigenvalue weighted by molar-refractivity contribution is -0.155. The molecule has 0 spiro atoms. The third kappa shape index (κ3) is 11.9. The molecule has 0 aromatic heterocycles. The van der Waals surface area contributed by atoms with E-state index in [4.69, 9.17) is 27.0 Å². The van der Waals surface area contributed by atoms with Gasteiger partial charge in [0.1, 0.15) is 17.4 Å². The van der Waals surface area contributed by atoms with E-state index in [0.29, 0.717) is 38.0 Å². The number of aliphatic hydroxyl groups is 1. The second-order valence-electron chi connectivity index (χ2n) is 15.7. The first-order chi connectivity index (χ1) is 28.8. The molecule has 2 bridgehead atoms. The molecule has 320 valence electrons. The Balaban J connectivity index is 0.000000222. The lowest BCUT2D eigenvalue weighted by atomic mass is 9.71. The number of piperidine rings is 2. The number of benzene rings is 4. The molecule has 0 aliphatic carbocycles. The quantitative estimate of drug-likeness (QED) is 0.101. The van der Waals surface area contributed by atoms with Gasteiger partial charge >= 0.3 is 22.3 Å². The fourth-order valence-electron chi connectivity index (χ4n) is 8.91. The minimum Gasteiger partial charge on any atom is -0.465 e. The van der Waals surface area contributed by atoms with Crippen molar-refractivity contribution < 1.29 is 41.7 Å². The summed E-state index contributed by atoms with van der Waals surface area (Å²) in [6.45, 7) is 4.40. The third-order valence-electron chi connectivity index (χ3n) is 12.2. The molecular weight excluding hydrogens is 783 g/mol. The normalized spacial score (nSPS) is 20.5. The first kappa shape index (κ1) is 46.1. The topological polar surface area (TPSA) is 178 Å². The maximum absolute atomic E-state index is 13.1. The number of carbonyl (C=O) groups excluding carboxylic acids is 2. The second-order valence-corrected chi connectivity index (χ2v) is 16.6. The van der Waals surface area contributed by atoms with E-state index < -0.39 is 27.1 Å². The van der Waals surface area contributed by atoms with E-state index in [-0.39, 0.29) is 24.6 Å². The zero-order valence-electron chi connectivity index (χ0n) is 34.4. The van der Waals surface area contributed by atoms with Gasteiger partial charge in [0.2, 0.25) is 0 Å². The van der Waals surface area contributed by atoms with Crippen molar-refractivity contribution in [3.63, 3.8) is 0 Å². The van der Waals surface area contributed by atoms with Gasteiger partial charge in [-0.15, -0.1) is 0 Å². The highest BCUT2D eigenvalue weighted by atomic mass is 32.3. The van der Waals surface area contributed by atoms with E-state index in [1.807, 2.05) is 128 Å². The summed E-state index contributed by atoms with van der Waals surface area (Å²) in [5, 5.41) is 20.0. The van der Waals surface area contributed by atoms with E-state index in [2.05, 4.69) is 22.9 Å². The first-order valence-corrected chi connectivity index (χ1v) is 22.0. The molecule has 4 aromatic carbocycles. The molecule has 12 nitrogen and oxygen atoms in total. The van der Waals surface area contributed by atoms with Crippen LogP contribution in [0, 0.1) is 11.3 Å². The van der Waals surface area contributed by atoms with Gasteiger partial charge in [-0.1, -0.05) is 121 Å². The molecule has 3 heterocycles. The maximum atomic E-state index is 13.1. The molecule has 7 rings (SSSR count). The van der Waals surface area contributed by atoms with Crippen LogP contribution in [0.4, 0.5) is 0 Å². The Hall–Kier alpha value is -4.94. The molecule has 3 N–H and O–H groups in total. The van der Waals surface area contributed by atoms with Crippen molar-refractivity contribution in [2.75, 3.05) is 39.9 Å². The van der Waals surface area contributed by atoms with E-state index >= 15 is 0 Å². The summed E-state index contributed by atoms with van der Waals surface area (Å²) in [5.41, 5.74) is 2.59. The van der Waals surface area contributed by atoms with Crippen LogP contribution in [0.5, 0.6) is 0 Å². The lowest BCUT2D eigenvalue weighted by Crippen LogP contribution is -2.49. The van der Waals surface area contributed by atoms with Crippen molar-refractivity contribution in [3.8, 4) is 6.07 Å². The minimum absolute atomic E-state index is 0.00367. The maximum Gasteiger partial charge on any atom is 0.394 e. The van der Waals surface area contributed by atoms with Crippen LogP contribution in [0.1, 0.15) is 80.0 Å². The van der Waals surface area contributed by atoms with Crippen LogP contribution in [0.25, 0.3) is 0 Å². The first-order valence-electron chi connectivity index (χ1n) is 20.6. The Morgan fingerprint density at radius 2 is 1.30 bits per heavy atom. The van der Waals surface area contributed by atoms with Crippen LogP contribution in [-0.4, -0.2) is 102 Å². The van der Waals surface area contributed by atoms with Crippen molar-refractivity contribution in [2.24, 2.45) is 0 Å². The lowest BCUT2D eigenvalue weighted by Gasteiger charge is -2.41. The van der Waals surface area contributed by atoms with E-state index in [0.717, 1.165) is 54.7 Å². The average molecular weight is 840 g/mol. The highest BCUT2D eigenvalue weighted by molar-refractivity contribution is 7.79. The van der Waals surface area contributed by atoms with Gasteiger partial charge in [0, 0.05) is 18.6 Å². The van der Waals surface area contributed by atoms with Crippen LogP contribution in [0.2, 0.25) is 0 Å². The molecule has 13 heteroatoms. The van der Waals surface area contributed by atoms with Gasteiger partial charge in [0.05, 0.1) is 24.7 Å². The van der Waals surface area contributed by atoms with Gasteiger partial charge in [0.25, 0.3) is 0 Å². The molecule has 3 fully saturated rings. The second kappa shape index (κ2) is 21.5. The molecule has 3 aliphatic heterocycles. The number of carbonyl (C=O) groups is 2. The number of aliphatic hydroxyl groups excluding tert-OH is 1. The molecule has 0 saturated carbocycles. The van der Waals surface area contributed by atoms with Crippen LogP contribution in [-0.2, 0) is 40.3 Å². The molecule has 60 heavy (non-hydrogen) atoms.